The van der Waals surface area contributed by atoms with Crippen molar-refractivity contribution in [3.63, 3.8) is 0 Å². The van der Waals surface area contributed by atoms with Gasteiger partial charge in [-0.3, -0.25) is 14.4 Å². The van der Waals surface area contributed by atoms with E-state index in [2.05, 4.69) is 0 Å². The zero-order valence-corrected chi connectivity index (χ0v) is 19.1. The van der Waals surface area contributed by atoms with Gasteiger partial charge in [-0.05, 0) is 48.6 Å². The molecule has 2 N–H and O–H groups in total. The van der Waals surface area contributed by atoms with Gasteiger partial charge >= 0.3 is 11.9 Å². The first kappa shape index (κ1) is 24.7. The average molecular weight is 460 g/mol. The number of aryl methyl sites for hydroxylation is 1. The third kappa shape index (κ3) is 6.32. The molecule has 0 heterocycles. The van der Waals surface area contributed by atoms with Crippen molar-refractivity contribution < 1.29 is 24.6 Å². The van der Waals surface area contributed by atoms with Crippen LogP contribution in [0.3, 0.4) is 0 Å². The number of aliphatic carboxylic acids is 2. The Labute approximate surface area is 199 Å². The zero-order chi connectivity index (χ0) is 24.5. The fourth-order valence-corrected chi connectivity index (χ4v) is 4.18. The van der Waals surface area contributed by atoms with Gasteiger partial charge in [-0.15, -0.1) is 0 Å². The Morgan fingerprint density at radius 2 is 1.32 bits per heavy atom. The molecule has 3 aromatic carbocycles. The zero-order valence-electron chi connectivity index (χ0n) is 19.1. The van der Waals surface area contributed by atoms with Crippen LogP contribution in [-0.2, 0) is 20.8 Å². The van der Waals surface area contributed by atoms with Gasteiger partial charge in [0.2, 0.25) is 5.91 Å². The van der Waals surface area contributed by atoms with E-state index in [4.69, 9.17) is 0 Å². The average Bonchev–Trinajstić information content (AvgIpc) is 2.85. The van der Waals surface area contributed by atoms with Gasteiger partial charge in [0.05, 0.1) is 18.3 Å². The van der Waals surface area contributed by atoms with Crippen LogP contribution in [0.15, 0.2) is 84.9 Å². The molecule has 3 aromatic rings. The number of anilines is 1. The molecule has 0 aliphatic carbocycles. The molecule has 0 bridgehead atoms. The lowest BCUT2D eigenvalue weighted by Gasteiger charge is -2.29. The molecular weight excluding hydrogens is 430 g/mol. The van der Waals surface area contributed by atoms with E-state index in [1.165, 1.54) is 4.90 Å². The van der Waals surface area contributed by atoms with Crippen LogP contribution < -0.4 is 4.90 Å². The van der Waals surface area contributed by atoms with Crippen LogP contribution in [0.2, 0.25) is 0 Å². The topological polar surface area (TPSA) is 94.9 Å². The van der Waals surface area contributed by atoms with Gasteiger partial charge < -0.3 is 15.1 Å². The Morgan fingerprint density at radius 1 is 0.765 bits per heavy atom. The summed E-state index contributed by atoms with van der Waals surface area (Å²) >= 11 is 0. The smallest absolute Gasteiger partial charge is 0.307 e. The molecule has 3 rings (SSSR count). The van der Waals surface area contributed by atoms with Crippen molar-refractivity contribution in [3.05, 3.63) is 90.5 Å². The van der Waals surface area contributed by atoms with Crippen molar-refractivity contribution in [1.82, 2.24) is 0 Å². The fourth-order valence-electron chi connectivity index (χ4n) is 4.18. The second-order valence-corrected chi connectivity index (χ2v) is 8.17. The van der Waals surface area contributed by atoms with E-state index in [1.54, 1.807) is 19.1 Å². The molecule has 34 heavy (non-hydrogen) atoms. The first-order valence-electron chi connectivity index (χ1n) is 11.4. The molecule has 0 spiro atoms. The highest BCUT2D eigenvalue weighted by Crippen LogP contribution is 2.29. The van der Waals surface area contributed by atoms with Gasteiger partial charge in [-0.1, -0.05) is 72.8 Å². The predicted octanol–water partition coefficient (Wildman–Crippen LogP) is 5.13. The lowest BCUT2D eigenvalue weighted by molar-refractivity contribution is -0.149. The Morgan fingerprint density at radius 3 is 1.85 bits per heavy atom. The summed E-state index contributed by atoms with van der Waals surface area (Å²) in [5, 5.41) is 19.4. The maximum Gasteiger partial charge on any atom is 0.307 e. The Kier molecular flexibility index (Phi) is 8.57. The first-order chi connectivity index (χ1) is 16.4. The van der Waals surface area contributed by atoms with Crippen molar-refractivity contribution >= 4 is 23.5 Å². The third-order valence-electron chi connectivity index (χ3n) is 5.97. The summed E-state index contributed by atoms with van der Waals surface area (Å²) in [6.45, 7) is 2.09. The number of carbonyl (C=O) groups excluding carboxylic acids is 1. The van der Waals surface area contributed by atoms with Gasteiger partial charge in [-0.2, -0.15) is 0 Å². The standard InChI is InChI=1S/C28H29NO5/c1-2-29(23-16-14-22(15-17-23)21-11-7-4-8-12-21)27(32)25(19-26(30)31)24(28(33)34)18-13-20-9-5-3-6-10-20/h3-12,14-17,24-25H,2,13,18-19H2,1H3,(H,30,31)(H,33,34). The van der Waals surface area contributed by atoms with E-state index in [-0.39, 0.29) is 6.42 Å². The second kappa shape index (κ2) is 11.8. The minimum atomic E-state index is -1.19. The maximum atomic E-state index is 13.5. The normalized spacial score (nSPS) is 12.5. The Bertz CT molecular complexity index is 1100. The Hall–Kier alpha value is -3.93. The monoisotopic (exact) mass is 459 g/mol. The van der Waals surface area contributed by atoms with Crippen molar-refractivity contribution in [3.8, 4) is 11.1 Å². The molecule has 0 aliphatic rings. The number of amides is 1. The number of hydrogen-bond acceptors (Lipinski definition) is 3. The quantitative estimate of drug-likeness (QED) is 0.414. The highest BCUT2D eigenvalue weighted by Gasteiger charge is 2.37. The summed E-state index contributed by atoms with van der Waals surface area (Å²) < 4.78 is 0. The van der Waals surface area contributed by atoms with E-state index in [0.717, 1.165) is 16.7 Å². The first-order valence-corrected chi connectivity index (χ1v) is 11.4. The summed E-state index contributed by atoms with van der Waals surface area (Å²) in [7, 11) is 0. The summed E-state index contributed by atoms with van der Waals surface area (Å²) in [5.74, 6) is -5.13. The molecule has 0 saturated carbocycles. The van der Waals surface area contributed by atoms with Crippen molar-refractivity contribution in [2.45, 2.75) is 26.2 Å². The molecule has 1 amide bonds. The predicted molar refractivity (Wildman–Crippen MR) is 132 cm³/mol. The number of hydrogen-bond donors (Lipinski definition) is 2. The van der Waals surface area contributed by atoms with Crippen LogP contribution in [0, 0.1) is 11.8 Å². The van der Waals surface area contributed by atoms with E-state index in [0.29, 0.717) is 18.7 Å². The molecule has 6 nitrogen and oxygen atoms in total. The van der Waals surface area contributed by atoms with E-state index in [9.17, 15) is 24.6 Å². The van der Waals surface area contributed by atoms with Crippen molar-refractivity contribution in [2.24, 2.45) is 11.8 Å². The van der Waals surface area contributed by atoms with Crippen molar-refractivity contribution in [2.75, 3.05) is 11.4 Å². The molecule has 0 aromatic heterocycles. The maximum absolute atomic E-state index is 13.5. The number of carboxylic acid groups (broad SMARTS) is 2. The van der Waals surface area contributed by atoms with Crippen LogP contribution >= 0.6 is 0 Å². The van der Waals surface area contributed by atoms with Gasteiger partial charge in [0.25, 0.3) is 0 Å². The van der Waals surface area contributed by atoms with Crippen LogP contribution in [0.4, 0.5) is 5.69 Å². The van der Waals surface area contributed by atoms with E-state index in [1.807, 2.05) is 72.8 Å². The van der Waals surface area contributed by atoms with E-state index >= 15 is 0 Å². The van der Waals surface area contributed by atoms with Gasteiger partial charge in [0.15, 0.2) is 0 Å². The minimum Gasteiger partial charge on any atom is -0.481 e. The molecule has 2 atom stereocenters. The summed E-state index contributed by atoms with van der Waals surface area (Å²) in [4.78, 5) is 38.7. The summed E-state index contributed by atoms with van der Waals surface area (Å²) in [6.07, 6.45) is 0.0792. The molecule has 2 unspecified atom stereocenters. The third-order valence-corrected chi connectivity index (χ3v) is 5.97. The van der Waals surface area contributed by atoms with Crippen LogP contribution in [0.25, 0.3) is 11.1 Å². The highest BCUT2D eigenvalue weighted by molar-refractivity contribution is 5.99. The highest BCUT2D eigenvalue weighted by atomic mass is 16.4. The molecule has 0 aliphatic heterocycles. The second-order valence-electron chi connectivity index (χ2n) is 8.17. The summed E-state index contributed by atoms with van der Waals surface area (Å²) in [6, 6.07) is 26.6. The van der Waals surface area contributed by atoms with Crippen molar-refractivity contribution in [1.29, 1.82) is 0 Å². The number of carboxylic acids is 2. The molecule has 176 valence electrons. The molecule has 0 fully saturated rings. The van der Waals surface area contributed by atoms with Crippen LogP contribution in [-0.4, -0.2) is 34.6 Å². The SMILES string of the molecule is CCN(C(=O)C(CC(=O)O)C(CCc1ccccc1)C(=O)O)c1ccc(-c2ccccc2)cc1. The largest absolute Gasteiger partial charge is 0.481 e. The minimum absolute atomic E-state index is 0.174. The van der Waals surface area contributed by atoms with Gasteiger partial charge in [-0.25, -0.2) is 0 Å². The Balaban J connectivity index is 1.85. The van der Waals surface area contributed by atoms with Crippen LogP contribution in [0.1, 0.15) is 25.3 Å². The van der Waals surface area contributed by atoms with Gasteiger partial charge in [0, 0.05) is 12.2 Å². The van der Waals surface area contributed by atoms with Crippen LogP contribution in [0.5, 0.6) is 0 Å². The molecule has 0 saturated heterocycles. The molecule has 6 heteroatoms. The molecule has 0 radical (unpaired) electrons. The fraction of sp³-hybridized carbons (Fsp3) is 0.250. The number of nitrogens with zero attached hydrogens (tertiary/aromatic N) is 1. The summed E-state index contributed by atoms with van der Waals surface area (Å²) in [5.41, 5.74) is 3.58. The lowest BCUT2D eigenvalue weighted by Crippen LogP contribution is -2.42. The number of carbonyl (C=O) groups is 3. The molecular formula is C28H29NO5. The van der Waals surface area contributed by atoms with E-state index < -0.39 is 36.1 Å². The number of rotatable bonds is 11. The lowest BCUT2D eigenvalue weighted by atomic mass is 9.83. The number of benzene rings is 3. The van der Waals surface area contributed by atoms with Gasteiger partial charge in [0.1, 0.15) is 0 Å².